The number of hydrogen-bond donors (Lipinski definition) is 1. The second kappa shape index (κ2) is 10.6. The molecule has 0 radical (unpaired) electrons. The van der Waals surface area contributed by atoms with Crippen molar-refractivity contribution < 1.29 is 13.2 Å². The summed E-state index contributed by atoms with van der Waals surface area (Å²) in [6.45, 7) is 9.34. The van der Waals surface area contributed by atoms with Crippen LogP contribution in [0.1, 0.15) is 47.2 Å². The summed E-state index contributed by atoms with van der Waals surface area (Å²) in [5.41, 5.74) is 5.23. The highest BCUT2D eigenvalue weighted by Gasteiger charge is 2.29. The highest BCUT2D eigenvalue weighted by Crippen LogP contribution is 2.31. The Labute approximate surface area is 207 Å². The summed E-state index contributed by atoms with van der Waals surface area (Å²) in [5.74, 6) is -0.389. The fraction of sp³-hybridized carbons (Fsp3) is 0.296. The molecule has 0 saturated heterocycles. The molecule has 0 fully saturated rings. The molecule has 1 unspecified atom stereocenters. The van der Waals surface area contributed by atoms with Gasteiger partial charge in [0.25, 0.3) is 10.0 Å². The number of nitrogens with one attached hydrogen (secondary N) is 1. The van der Waals surface area contributed by atoms with Gasteiger partial charge in [-0.05, 0) is 80.6 Å². The first kappa shape index (κ1) is 25.8. The van der Waals surface area contributed by atoms with Crippen LogP contribution in [0.25, 0.3) is 0 Å². The van der Waals surface area contributed by atoms with Crippen molar-refractivity contribution in [1.82, 2.24) is 5.32 Å². The second-order valence-corrected chi connectivity index (χ2v) is 10.9. The summed E-state index contributed by atoms with van der Waals surface area (Å²) in [4.78, 5) is 13.3. The van der Waals surface area contributed by atoms with Crippen LogP contribution in [0.4, 0.5) is 5.69 Å². The van der Waals surface area contributed by atoms with E-state index in [4.69, 9.17) is 11.6 Å². The Hall–Kier alpha value is -2.83. The van der Waals surface area contributed by atoms with Gasteiger partial charge in [-0.2, -0.15) is 0 Å². The quantitative estimate of drug-likeness (QED) is 0.412. The highest BCUT2D eigenvalue weighted by atomic mass is 35.5. The number of benzene rings is 3. The van der Waals surface area contributed by atoms with Crippen molar-refractivity contribution in [3.8, 4) is 0 Å². The van der Waals surface area contributed by atoms with Crippen LogP contribution in [0.2, 0.25) is 5.02 Å². The summed E-state index contributed by atoms with van der Waals surface area (Å²) in [6, 6.07) is 17.5. The van der Waals surface area contributed by atoms with Gasteiger partial charge < -0.3 is 5.32 Å². The van der Waals surface area contributed by atoms with Crippen molar-refractivity contribution in [1.29, 1.82) is 0 Å². The number of aryl methyl sites for hydroxylation is 3. The summed E-state index contributed by atoms with van der Waals surface area (Å²) in [5, 5.41) is 3.45. The van der Waals surface area contributed by atoms with Crippen LogP contribution in [-0.2, 0) is 14.8 Å². The lowest BCUT2D eigenvalue weighted by Crippen LogP contribution is -2.42. The van der Waals surface area contributed by atoms with Gasteiger partial charge in [0.2, 0.25) is 5.91 Å². The molecule has 1 amide bonds. The Morgan fingerprint density at radius 1 is 0.971 bits per heavy atom. The lowest BCUT2D eigenvalue weighted by molar-refractivity contribution is -0.120. The van der Waals surface area contributed by atoms with Gasteiger partial charge in [0.15, 0.2) is 0 Å². The van der Waals surface area contributed by atoms with Crippen LogP contribution in [-0.4, -0.2) is 20.9 Å². The van der Waals surface area contributed by atoms with Crippen LogP contribution < -0.4 is 9.62 Å². The minimum absolute atomic E-state index is 0.117. The van der Waals surface area contributed by atoms with Crippen LogP contribution in [0.3, 0.4) is 0 Å². The average Bonchev–Trinajstić information content (AvgIpc) is 2.80. The van der Waals surface area contributed by atoms with Gasteiger partial charge in [-0.1, -0.05) is 60.5 Å². The lowest BCUT2D eigenvalue weighted by atomic mass is 9.99. The predicted octanol–water partition coefficient (Wildman–Crippen LogP) is 6.04. The number of amides is 1. The van der Waals surface area contributed by atoms with E-state index < -0.39 is 10.0 Å². The minimum atomic E-state index is -4.01. The number of rotatable bonds is 8. The Morgan fingerprint density at radius 3 is 2.26 bits per heavy atom. The van der Waals surface area contributed by atoms with Crippen molar-refractivity contribution in [3.05, 3.63) is 93.5 Å². The minimum Gasteiger partial charge on any atom is -0.348 e. The maximum atomic E-state index is 13.7. The van der Waals surface area contributed by atoms with E-state index in [0.29, 0.717) is 22.7 Å². The molecule has 1 atom stereocenters. The number of carbonyl (C=O) groups excluding carboxylic acids is 1. The molecule has 0 aromatic heterocycles. The van der Waals surface area contributed by atoms with Gasteiger partial charge in [-0.15, -0.1) is 0 Å². The first-order valence-electron chi connectivity index (χ1n) is 11.3. The highest BCUT2D eigenvalue weighted by molar-refractivity contribution is 7.92. The molecule has 1 N–H and O–H groups in total. The van der Waals surface area contributed by atoms with Gasteiger partial charge in [0.1, 0.15) is 6.54 Å². The van der Waals surface area contributed by atoms with Gasteiger partial charge >= 0.3 is 0 Å². The molecule has 3 aromatic rings. The van der Waals surface area contributed by atoms with Crippen molar-refractivity contribution in [2.75, 3.05) is 10.8 Å². The summed E-state index contributed by atoms with van der Waals surface area (Å²) >= 11 is 6.30. The van der Waals surface area contributed by atoms with E-state index in [1.807, 2.05) is 39.8 Å². The SMILES string of the molecule is CCC(NC(=O)CN(c1cccc(Cl)c1C)S(=O)(=O)c1ccc(C)cc1)c1ccc(C)c(C)c1. The van der Waals surface area contributed by atoms with Crippen LogP contribution in [0.15, 0.2) is 65.6 Å². The molecule has 7 heteroatoms. The molecule has 0 aliphatic heterocycles. The number of hydrogen-bond acceptors (Lipinski definition) is 3. The third-order valence-electron chi connectivity index (χ3n) is 6.08. The van der Waals surface area contributed by atoms with Crippen molar-refractivity contribution in [2.24, 2.45) is 0 Å². The molecular weight excluding hydrogens is 468 g/mol. The van der Waals surface area contributed by atoms with E-state index in [1.54, 1.807) is 49.4 Å². The number of nitrogens with zero attached hydrogens (tertiary/aromatic N) is 1. The zero-order chi connectivity index (χ0) is 25.0. The zero-order valence-electron chi connectivity index (χ0n) is 20.2. The standard InChI is InChI=1S/C27H31ClN2O3S/c1-6-25(22-13-12-19(3)20(4)16-22)29-27(31)17-30(26-9-7-8-24(28)21(26)5)34(32,33)23-14-10-18(2)11-15-23/h7-16,25H,6,17H2,1-5H3,(H,29,31). The van der Waals surface area contributed by atoms with Crippen molar-refractivity contribution in [2.45, 2.75) is 52.0 Å². The largest absolute Gasteiger partial charge is 0.348 e. The van der Waals surface area contributed by atoms with Crippen LogP contribution in [0.5, 0.6) is 0 Å². The molecule has 0 bridgehead atoms. The van der Waals surface area contributed by atoms with E-state index in [1.165, 1.54) is 5.56 Å². The van der Waals surface area contributed by atoms with Gasteiger partial charge in [-0.3, -0.25) is 9.10 Å². The monoisotopic (exact) mass is 498 g/mol. The summed E-state index contributed by atoms with van der Waals surface area (Å²) in [7, 11) is -4.01. The third kappa shape index (κ3) is 5.62. The summed E-state index contributed by atoms with van der Waals surface area (Å²) < 4.78 is 28.4. The molecular formula is C27H31ClN2O3S. The van der Waals surface area contributed by atoms with E-state index in [9.17, 15) is 13.2 Å². The molecule has 180 valence electrons. The molecule has 0 heterocycles. The zero-order valence-corrected chi connectivity index (χ0v) is 21.8. The Balaban J connectivity index is 1.96. The second-order valence-electron chi connectivity index (χ2n) is 8.58. The van der Waals surface area contributed by atoms with Gasteiger partial charge in [0.05, 0.1) is 16.6 Å². The van der Waals surface area contributed by atoms with Gasteiger partial charge in [-0.25, -0.2) is 8.42 Å². The average molecular weight is 499 g/mol. The summed E-state index contributed by atoms with van der Waals surface area (Å²) in [6.07, 6.45) is 0.676. The third-order valence-corrected chi connectivity index (χ3v) is 8.26. The smallest absolute Gasteiger partial charge is 0.264 e. The van der Waals surface area contributed by atoms with Crippen LogP contribution in [0, 0.1) is 27.7 Å². The van der Waals surface area contributed by atoms with Crippen LogP contribution >= 0.6 is 11.6 Å². The first-order valence-corrected chi connectivity index (χ1v) is 13.1. The van der Waals surface area contributed by atoms with E-state index >= 15 is 0 Å². The number of carbonyl (C=O) groups is 1. The first-order chi connectivity index (χ1) is 16.0. The van der Waals surface area contributed by atoms with E-state index in [0.717, 1.165) is 21.0 Å². The molecule has 5 nitrogen and oxygen atoms in total. The Morgan fingerprint density at radius 2 is 1.65 bits per heavy atom. The maximum absolute atomic E-state index is 13.7. The number of anilines is 1. The molecule has 3 rings (SSSR count). The normalized spacial score (nSPS) is 12.3. The van der Waals surface area contributed by atoms with Gasteiger partial charge in [0, 0.05) is 5.02 Å². The molecule has 0 spiro atoms. The lowest BCUT2D eigenvalue weighted by Gasteiger charge is -2.27. The topological polar surface area (TPSA) is 66.5 Å². The fourth-order valence-electron chi connectivity index (χ4n) is 3.78. The van der Waals surface area contributed by atoms with E-state index in [-0.39, 0.29) is 23.4 Å². The fourth-order valence-corrected chi connectivity index (χ4v) is 5.42. The molecule has 3 aromatic carbocycles. The number of sulfonamides is 1. The molecule has 0 saturated carbocycles. The molecule has 34 heavy (non-hydrogen) atoms. The predicted molar refractivity (Wildman–Crippen MR) is 139 cm³/mol. The van der Waals surface area contributed by atoms with E-state index in [2.05, 4.69) is 11.4 Å². The molecule has 0 aliphatic carbocycles. The number of halogens is 1. The maximum Gasteiger partial charge on any atom is 0.264 e. The van der Waals surface area contributed by atoms with Crippen molar-refractivity contribution in [3.63, 3.8) is 0 Å². The Bertz CT molecular complexity index is 1290. The van der Waals surface area contributed by atoms with Crippen molar-refractivity contribution >= 4 is 33.2 Å². The molecule has 0 aliphatic rings. The Kier molecular flexibility index (Phi) is 8.05.